The molecule has 0 saturated heterocycles. The molecule has 1 aromatic carbocycles. The zero-order valence-electron chi connectivity index (χ0n) is 12.0. The summed E-state index contributed by atoms with van der Waals surface area (Å²) >= 11 is 5.91. The van der Waals surface area contributed by atoms with Gasteiger partial charge in [0.25, 0.3) is 0 Å². The lowest BCUT2D eigenvalue weighted by atomic mass is 10.00. The number of halogens is 3. The highest BCUT2D eigenvalue weighted by molar-refractivity contribution is 6.16. The fraction of sp³-hybridized carbons (Fsp3) is 0.533. The highest BCUT2D eigenvalue weighted by Gasteiger charge is 2.19. The number of hydrogen-bond acceptors (Lipinski definition) is 1. The van der Waals surface area contributed by atoms with Crippen molar-refractivity contribution in [3.05, 3.63) is 29.6 Å². The molecule has 20 heavy (non-hydrogen) atoms. The summed E-state index contributed by atoms with van der Waals surface area (Å²) in [5.74, 6) is 0.0699. The number of rotatable bonds is 5. The Labute approximate surface area is 122 Å². The van der Waals surface area contributed by atoms with E-state index in [2.05, 4.69) is 18.8 Å². The van der Waals surface area contributed by atoms with E-state index in [0.29, 0.717) is 17.3 Å². The second-order valence-corrected chi connectivity index (χ2v) is 5.65. The second kappa shape index (κ2) is 6.08. The van der Waals surface area contributed by atoms with E-state index in [9.17, 15) is 8.78 Å². The Hall–Kier alpha value is -1.16. The van der Waals surface area contributed by atoms with Crippen LogP contribution in [0.25, 0.3) is 11.0 Å². The van der Waals surface area contributed by atoms with Gasteiger partial charge in [0.2, 0.25) is 0 Å². The highest BCUT2D eigenvalue weighted by atomic mass is 35.5. The number of aromatic nitrogens is 2. The van der Waals surface area contributed by atoms with Crippen LogP contribution in [-0.4, -0.2) is 9.55 Å². The van der Waals surface area contributed by atoms with Crippen LogP contribution in [0.2, 0.25) is 0 Å². The number of fused-ring (bicyclic) bond motifs is 1. The van der Waals surface area contributed by atoms with E-state index in [1.165, 1.54) is 6.07 Å². The number of nitrogens with zero attached hydrogens (tertiary/aromatic N) is 2. The fourth-order valence-electron chi connectivity index (χ4n) is 2.61. The van der Waals surface area contributed by atoms with Crippen LogP contribution in [-0.2, 0) is 5.88 Å². The van der Waals surface area contributed by atoms with Gasteiger partial charge >= 0.3 is 0 Å². The van der Waals surface area contributed by atoms with Gasteiger partial charge in [-0.3, -0.25) is 0 Å². The summed E-state index contributed by atoms with van der Waals surface area (Å²) < 4.78 is 29.1. The zero-order valence-corrected chi connectivity index (χ0v) is 12.7. The first kappa shape index (κ1) is 15.2. The van der Waals surface area contributed by atoms with Crippen LogP contribution in [0.5, 0.6) is 0 Å². The SMILES string of the molecule is CCC(C)CC(C)n1c(CCl)nc2c(F)cc(F)cc21. The molecule has 0 N–H and O–H groups in total. The maximum atomic E-state index is 13.8. The van der Waals surface area contributed by atoms with Crippen molar-refractivity contribution >= 4 is 22.6 Å². The average molecular weight is 301 g/mol. The maximum absolute atomic E-state index is 13.8. The molecular weight excluding hydrogens is 282 g/mol. The zero-order chi connectivity index (χ0) is 14.9. The van der Waals surface area contributed by atoms with Crippen molar-refractivity contribution in [3.8, 4) is 0 Å². The molecule has 0 amide bonds. The van der Waals surface area contributed by atoms with Gasteiger partial charge in [-0.2, -0.15) is 0 Å². The molecule has 2 aromatic rings. The lowest BCUT2D eigenvalue weighted by Gasteiger charge is -2.20. The summed E-state index contributed by atoms with van der Waals surface area (Å²) in [4.78, 5) is 4.22. The minimum Gasteiger partial charge on any atom is -0.324 e. The Morgan fingerprint density at radius 2 is 2.00 bits per heavy atom. The number of alkyl halides is 1. The minimum atomic E-state index is -0.638. The van der Waals surface area contributed by atoms with Gasteiger partial charge in [-0.05, 0) is 25.3 Å². The van der Waals surface area contributed by atoms with Gasteiger partial charge in [-0.15, -0.1) is 11.6 Å². The molecule has 110 valence electrons. The Kier molecular flexibility index (Phi) is 4.63. The molecule has 5 heteroatoms. The van der Waals surface area contributed by atoms with E-state index >= 15 is 0 Å². The molecule has 0 saturated carbocycles. The minimum absolute atomic E-state index is 0.102. The second-order valence-electron chi connectivity index (χ2n) is 5.39. The maximum Gasteiger partial charge on any atom is 0.153 e. The topological polar surface area (TPSA) is 17.8 Å². The third-order valence-electron chi connectivity index (χ3n) is 3.79. The number of benzene rings is 1. The summed E-state index contributed by atoms with van der Waals surface area (Å²) in [5.41, 5.74) is 0.673. The van der Waals surface area contributed by atoms with Crippen molar-refractivity contribution in [2.75, 3.05) is 0 Å². The van der Waals surface area contributed by atoms with E-state index < -0.39 is 11.6 Å². The largest absolute Gasteiger partial charge is 0.324 e. The summed E-state index contributed by atoms with van der Waals surface area (Å²) in [6.07, 6.45) is 1.99. The standard InChI is InChI=1S/C15H19ClF2N2/c1-4-9(2)5-10(3)20-13-7-11(17)6-12(18)15(13)19-14(20)8-16/h6-7,9-10H,4-5,8H2,1-3H3. The molecular formula is C15H19ClF2N2. The molecule has 1 heterocycles. The highest BCUT2D eigenvalue weighted by Crippen LogP contribution is 2.29. The van der Waals surface area contributed by atoms with Crippen LogP contribution in [0.15, 0.2) is 12.1 Å². The molecule has 0 aliphatic rings. The normalized spacial score (nSPS) is 14.7. The predicted molar refractivity (Wildman–Crippen MR) is 78.0 cm³/mol. The Balaban J connectivity index is 2.55. The van der Waals surface area contributed by atoms with E-state index in [-0.39, 0.29) is 17.4 Å². The summed E-state index contributed by atoms with van der Waals surface area (Å²) in [6.45, 7) is 6.33. The first-order chi connectivity index (χ1) is 9.47. The molecule has 0 bridgehead atoms. The molecule has 0 aliphatic heterocycles. The van der Waals surface area contributed by atoms with Crippen molar-refractivity contribution in [2.45, 2.75) is 45.5 Å². The Morgan fingerprint density at radius 3 is 2.60 bits per heavy atom. The van der Waals surface area contributed by atoms with Crippen molar-refractivity contribution in [2.24, 2.45) is 5.92 Å². The summed E-state index contributed by atoms with van der Waals surface area (Å²) in [7, 11) is 0. The lowest BCUT2D eigenvalue weighted by molar-refractivity contribution is 0.399. The third kappa shape index (κ3) is 2.80. The van der Waals surface area contributed by atoms with Gasteiger partial charge in [-0.25, -0.2) is 13.8 Å². The van der Waals surface area contributed by atoms with Crippen LogP contribution in [0, 0.1) is 17.6 Å². The van der Waals surface area contributed by atoms with Gasteiger partial charge in [0.1, 0.15) is 17.2 Å². The molecule has 0 radical (unpaired) electrons. The summed E-state index contributed by atoms with van der Waals surface area (Å²) in [6, 6.07) is 2.29. The van der Waals surface area contributed by atoms with E-state index in [1.807, 2.05) is 11.5 Å². The van der Waals surface area contributed by atoms with Crippen LogP contribution in [0.3, 0.4) is 0 Å². The van der Waals surface area contributed by atoms with Crippen LogP contribution < -0.4 is 0 Å². The van der Waals surface area contributed by atoms with Gasteiger partial charge in [-0.1, -0.05) is 20.3 Å². The Bertz CT molecular complexity index is 609. The van der Waals surface area contributed by atoms with Crippen molar-refractivity contribution in [3.63, 3.8) is 0 Å². The molecule has 0 aliphatic carbocycles. The van der Waals surface area contributed by atoms with E-state index in [0.717, 1.165) is 18.9 Å². The first-order valence-electron chi connectivity index (χ1n) is 6.89. The molecule has 2 atom stereocenters. The smallest absolute Gasteiger partial charge is 0.153 e. The Morgan fingerprint density at radius 1 is 1.30 bits per heavy atom. The van der Waals surface area contributed by atoms with Crippen molar-refractivity contribution in [1.82, 2.24) is 9.55 Å². The van der Waals surface area contributed by atoms with Gasteiger partial charge in [0.15, 0.2) is 5.82 Å². The molecule has 1 aromatic heterocycles. The third-order valence-corrected chi connectivity index (χ3v) is 4.03. The quantitative estimate of drug-likeness (QED) is 0.706. The van der Waals surface area contributed by atoms with Gasteiger partial charge < -0.3 is 4.57 Å². The molecule has 2 rings (SSSR count). The monoisotopic (exact) mass is 300 g/mol. The van der Waals surface area contributed by atoms with Crippen molar-refractivity contribution < 1.29 is 8.78 Å². The van der Waals surface area contributed by atoms with Gasteiger partial charge in [0.05, 0.1) is 11.4 Å². The van der Waals surface area contributed by atoms with Crippen LogP contribution >= 0.6 is 11.6 Å². The van der Waals surface area contributed by atoms with Gasteiger partial charge in [0, 0.05) is 12.1 Å². The predicted octanol–water partition coefficient (Wildman–Crippen LogP) is 5.05. The van der Waals surface area contributed by atoms with Crippen LogP contribution in [0.4, 0.5) is 8.78 Å². The summed E-state index contributed by atoms with van der Waals surface area (Å²) in [5, 5.41) is 0. The van der Waals surface area contributed by atoms with E-state index in [4.69, 9.17) is 11.6 Å². The lowest BCUT2D eigenvalue weighted by Crippen LogP contribution is -2.12. The van der Waals surface area contributed by atoms with Crippen molar-refractivity contribution in [1.29, 1.82) is 0 Å². The average Bonchev–Trinajstić information content (AvgIpc) is 2.77. The van der Waals surface area contributed by atoms with E-state index in [1.54, 1.807) is 0 Å². The first-order valence-corrected chi connectivity index (χ1v) is 7.43. The molecule has 0 spiro atoms. The molecule has 2 nitrogen and oxygen atoms in total. The molecule has 2 unspecified atom stereocenters. The van der Waals surface area contributed by atoms with Crippen LogP contribution in [0.1, 0.15) is 45.5 Å². The number of imidazole rings is 1. The number of hydrogen-bond donors (Lipinski definition) is 0. The molecule has 0 fully saturated rings. The fourth-order valence-corrected chi connectivity index (χ4v) is 2.80.